The maximum absolute atomic E-state index is 12.5. The van der Waals surface area contributed by atoms with Crippen molar-refractivity contribution >= 4 is 23.2 Å². The Morgan fingerprint density at radius 3 is 2.41 bits per heavy atom. The van der Waals surface area contributed by atoms with Gasteiger partial charge in [0.05, 0.1) is 39.7 Å². The van der Waals surface area contributed by atoms with E-state index in [4.69, 9.17) is 14.2 Å². The highest BCUT2D eigenvalue weighted by atomic mass is 16.5. The van der Waals surface area contributed by atoms with Crippen molar-refractivity contribution < 1.29 is 23.8 Å². The molecule has 1 aliphatic rings. The lowest BCUT2D eigenvalue weighted by molar-refractivity contribution is -0.114. The van der Waals surface area contributed by atoms with Gasteiger partial charge in [-0.2, -0.15) is 0 Å². The number of rotatable bonds is 7. The molecule has 0 bridgehead atoms. The van der Waals surface area contributed by atoms with Gasteiger partial charge in [0.15, 0.2) is 0 Å². The van der Waals surface area contributed by atoms with Gasteiger partial charge in [0.2, 0.25) is 5.91 Å². The van der Waals surface area contributed by atoms with Crippen molar-refractivity contribution in [3.05, 3.63) is 48.0 Å². The molecular formula is C21H25N3O5. The lowest BCUT2D eigenvalue weighted by atomic mass is 10.1. The second-order valence-corrected chi connectivity index (χ2v) is 6.45. The number of carbonyl (C=O) groups excluding carboxylic acids is 2. The summed E-state index contributed by atoms with van der Waals surface area (Å²) in [6.45, 7) is 2.36. The highest BCUT2D eigenvalue weighted by Gasteiger charge is 2.18. The molecule has 1 fully saturated rings. The number of hydrogen-bond donors (Lipinski definition) is 2. The van der Waals surface area contributed by atoms with E-state index in [2.05, 4.69) is 10.6 Å². The molecular weight excluding hydrogens is 374 g/mol. The third-order valence-corrected chi connectivity index (χ3v) is 4.56. The van der Waals surface area contributed by atoms with Gasteiger partial charge < -0.3 is 29.7 Å². The Morgan fingerprint density at radius 2 is 1.76 bits per heavy atom. The van der Waals surface area contributed by atoms with Gasteiger partial charge in [0, 0.05) is 30.4 Å². The molecule has 0 unspecified atom stereocenters. The summed E-state index contributed by atoms with van der Waals surface area (Å²) in [4.78, 5) is 26.5. The molecule has 0 radical (unpaired) electrons. The molecule has 8 nitrogen and oxygen atoms in total. The average molecular weight is 399 g/mol. The molecule has 8 heteroatoms. The molecule has 0 aromatic heterocycles. The van der Waals surface area contributed by atoms with Crippen LogP contribution in [0.2, 0.25) is 0 Å². The van der Waals surface area contributed by atoms with Crippen LogP contribution in [-0.2, 0) is 9.53 Å². The Hall–Kier alpha value is -3.26. The summed E-state index contributed by atoms with van der Waals surface area (Å²) in [6.07, 6.45) is 0. The van der Waals surface area contributed by atoms with Gasteiger partial charge in [-0.15, -0.1) is 0 Å². The van der Waals surface area contributed by atoms with E-state index in [9.17, 15) is 9.59 Å². The molecule has 0 aliphatic carbocycles. The minimum Gasteiger partial charge on any atom is -0.497 e. The van der Waals surface area contributed by atoms with Gasteiger partial charge in [0.1, 0.15) is 11.5 Å². The number of nitrogens with zero attached hydrogens (tertiary/aromatic N) is 1. The molecule has 2 amide bonds. The maximum Gasteiger partial charge on any atom is 0.254 e. The second-order valence-electron chi connectivity index (χ2n) is 6.45. The lowest BCUT2D eigenvalue weighted by Gasteiger charge is -2.26. The maximum atomic E-state index is 12.5. The molecule has 0 saturated carbocycles. The molecule has 0 atom stereocenters. The Bertz CT molecular complexity index is 848. The fraction of sp³-hybridized carbons (Fsp3) is 0.333. The van der Waals surface area contributed by atoms with Crippen LogP contribution in [0.1, 0.15) is 10.4 Å². The van der Waals surface area contributed by atoms with E-state index in [0.717, 1.165) is 0 Å². The van der Waals surface area contributed by atoms with Crippen molar-refractivity contribution in [3.8, 4) is 11.5 Å². The first-order valence-corrected chi connectivity index (χ1v) is 9.33. The number of methoxy groups -OCH3 is 2. The molecule has 2 aromatic rings. The highest BCUT2D eigenvalue weighted by Crippen LogP contribution is 2.28. The van der Waals surface area contributed by atoms with Crippen LogP contribution in [0, 0.1) is 0 Å². The topological polar surface area (TPSA) is 89.1 Å². The van der Waals surface area contributed by atoms with E-state index in [1.165, 1.54) is 0 Å². The van der Waals surface area contributed by atoms with Gasteiger partial charge in [-0.3, -0.25) is 9.59 Å². The first kappa shape index (κ1) is 20.5. The van der Waals surface area contributed by atoms with Gasteiger partial charge in [0.25, 0.3) is 5.91 Å². The number of carbonyl (C=O) groups is 2. The van der Waals surface area contributed by atoms with E-state index in [-0.39, 0.29) is 18.4 Å². The Morgan fingerprint density at radius 1 is 1.03 bits per heavy atom. The Kier molecular flexibility index (Phi) is 6.91. The molecule has 1 aliphatic heterocycles. The summed E-state index contributed by atoms with van der Waals surface area (Å²) in [6, 6.07) is 12.2. The van der Waals surface area contributed by atoms with Crippen LogP contribution >= 0.6 is 0 Å². The highest BCUT2D eigenvalue weighted by molar-refractivity contribution is 5.96. The van der Waals surface area contributed by atoms with Gasteiger partial charge >= 0.3 is 0 Å². The Balaban J connectivity index is 1.55. The van der Waals surface area contributed by atoms with Crippen molar-refractivity contribution in [1.82, 2.24) is 4.90 Å². The van der Waals surface area contributed by atoms with Crippen LogP contribution in [0.3, 0.4) is 0 Å². The summed E-state index contributed by atoms with van der Waals surface area (Å²) in [5.74, 6) is 1.03. The molecule has 1 saturated heterocycles. The number of amides is 2. The van der Waals surface area contributed by atoms with Crippen LogP contribution < -0.4 is 20.1 Å². The predicted octanol–water partition coefficient (Wildman–Crippen LogP) is 2.23. The standard InChI is InChI=1S/C21H25N3O5/c1-27-17-7-8-19(28-2)18(13-17)22-14-20(25)23-16-5-3-15(4-6-16)21(26)24-9-11-29-12-10-24/h3-8,13,22H,9-12,14H2,1-2H3,(H,23,25). The summed E-state index contributed by atoms with van der Waals surface area (Å²) in [5.41, 5.74) is 1.87. The fourth-order valence-electron chi connectivity index (χ4n) is 2.98. The van der Waals surface area contributed by atoms with Crippen LogP contribution in [0.15, 0.2) is 42.5 Å². The normalized spacial score (nSPS) is 13.5. The zero-order valence-corrected chi connectivity index (χ0v) is 16.6. The van der Waals surface area contributed by atoms with Crippen molar-refractivity contribution in [2.24, 2.45) is 0 Å². The van der Waals surface area contributed by atoms with E-state index in [1.54, 1.807) is 61.6 Å². The predicted molar refractivity (Wildman–Crippen MR) is 110 cm³/mol. The average Bonchev–Trinajstić information content (AvgIpc) is 2.78. The second kappa shape index (κ2) is 9.79. The molecule has 29 heavy (non-hydrogen) atoms. The number of hydrogen-bond acceptors (Lipinski definition) is 6. The molecule has 2 N–H and O–H groups in total. The minimum absolute atomic E-state index is 0.0297. The van der Waals surface area contributed by atoms with Crippen LogP contribution in [0.4, 0.5) is 11.4 Å². The zero-order valence-electron chi connectivity index (χ0n) is 16.6. The van der Waals surface area contributed by atoms with Crippen LogP contribution in [-0.4, -0.2) is 63.8 Å². The smallest absolute Gasteiger partial charge is 0.254 e. The van der Waals surface area contributed by atoms with Crippen molar-refractivity contribution in [3.63, 3.8) is 0 Å². The Labute approximate surface area is 169 Å². The third-order valence-electron chi connectivity index (χ3n) is 4.56. The van der Waals surface area contributed by atoms with Gasteiger partial charge in [-0.1, -0.05) is 0 Å². The van der Waals surface area contributed by atoms with Gasteiger partial charge in [-0.25, -0.2) is 0 Å². The number of morpholine rings is 1. The quantitative estimate of drug-likeness (QED) is 0.742. The largest absolute Gasteiger partial charge is 0.497 e. The first-order valence-electron chi connectivity index (χ1n) is 9.33. The number of benzene rings is 2. The van der Waals surface area contributed by atoms with E-state index < -0.39 is 0 Å². The van der Waals surface area contributed by atoms with Crippen molar-refractivity contribution in [1.29, 1.82) is 0 Å². The minimum atomic E-state index is -0.220. The lowest BCUT2D eigenvalue weighted by Crippen LogP contribution is -2.40. The van der Waals surface area contributed by atoms with Gasteiger partial charge in [-0.05, 0) is 36.4 Å². The zero-order chi connectivity index (χ0) is 20.6. The monoisotopic (exact) mass is 399 g/mol. The van der Waals surface area contributed by atoms with Crippen LogP contribution in [0.25, 0.3) is 0 Å². The van der Waals surface area contributed by atoms with Crippen molar-refractivity contribution in [2.45, 2.75) is 0 Å². The number of ether oxygens (including phenoxy) is 3. The number of nitrogens with one attached hydrogen (secondary N) is 2. The summed E-state index contributed by atoms with van der Waals surface area (Å²) in [5, 5.41) is 5.85. The van der Waals surface area contributed by atoms with E-state index >= 15 is 0 Å². The molecule has 154 valence electrons. The third kappa shape index (κ3) is 5.39. The SMILES string of the molecule is COc1ccc(OC)c(NCC(=O)Nc2ccc(C(=O)N3CCOCC3)cc2)c1. The molecule has 0 spiro atoms. The number of anilines is 2. The van der Waals surface area contributed by atoms with E-state index in [0.29, 0.717) is 54.7 Å². The fourth-order valence-corrected chi connectivity index (χ4v) is 2.98. The molecule has 2 aromatic carbocycles. The summed E-state index contributed by atoms with van der Waals surface area (Å²) in [7, 11) is 3.14. The van der Waals surface area contributed by atoms with Crippen LogP contribution in [0.5, 0.6) is 11.5 Å². The molecule has 3 rings (SSSR count). The van der Waals surface area contributed by atoms with Crippen molar-refractivity contribution in [2.75, 3.05) is 57.7 Å². The summed E-state index contributed by atoms with van der Waals surface area (Å²) >= 11 is 0. The summed E-state index contributed by atoms with van der Waals surface area (Å²) < 4.78 is 15.8. The van der Waals surface area contributed by atoms with E-state index in [1.807, 2.05) is 0 Å². The molecule has 1 heterocycles. The first-order chi connectivity index (χ1) is 14.1.